The van der Waals surface area contributed by atoms with Crippen LogP contribution < -0.4 is 0 Å². The summed E-state index contributed by atoms with van der Waals surface area (Å²) in [6, 6.07) is 15.6. The molecule has 0 saturated carbocycles. The second-order valence-corrected chi connectivity index (χ2v) is 5.38. The Bertz CT molecular complexity index is 1030. The summed E-state index contributed by atoms with van der Waals surface area (Å²) in [7, 11) is 0. The van der Waals surface area contributed by atoms with E-state index in [4.69, 9.17) is 4.52 Å². The van der Waals surface area contributed by atoms with Crippen LogP contribution in [0.25, 0.3) is 34.1 Å². The molecule has 0 aliphatic rings. The Balaban J connectivity index is 1.75. The van der Waals surface area contributed by atoms with Gasteiger partial charge in [0.2, 0.25) is 5.82 Å². The number of pyridine rings is 1. The molecule has 25 heavy (non-hydrogen) atoms. The van der Waals surface area contributed by atoms with E-state index in [1.54, 1.807) is 36.5 Å². The Hall–Kier alpha value is -3.41. The van der Waals surface area contributed by atoms with E-state index in [-0.39, 0.29) is 5.89 Å². The summed E-state index contributed by atoms with van der Waals surface area (Å²) >= 11 is 0. The zero-order valence-corrected chi connectivity index (χ0v) is 12.9. The molecule has 6 heteroatoms. The normalized spacial score (nSPS) is 10.8. The van der Waals surface area contributed by atoms with Crippen LogP contribution in [0.5, 0.6) is 0 Å². The van der Waals surface area contributed by atoms with E-state index in [2.05, 4.69) is 15.1 Å². The molecule has 0 aliphatic carbocycles. The molecular formula is C19H11F2N3O. The standard InChI is InChI=1S/C19H11F2N3O/c20-15-5-3-4-12(9-15)13-8-14(11-16(21)10-13)19-23-18(24-25-19)17-6-1-2-7-22-17/h1-11H. The summed E-state index contributed by atoms with van der Waals surface area (Å²) in [6.45, 7) is 0. The molecular weight excluding hydrogens is 324 g/mol. The number of rotatable bonds is 3. The Morgan fingerprint density at radius 2 is 1.60 bits per heavy atom. The summed E-state index contributed by atoms with van der Waals surface area (Å²) in [5, 5.41) is 3.88. The number of benzene rings is 2. The van der Waals surface area contributed by atoms with Crippen molar-refractivity contribution in [3.63, 3.8) is 0 Å². The van der Waals surface area contributed by atoms with Gasteiger partial charge in [-0.25, -0.2) is 8.78 Å². The highest BCUT2D eigenvalue weighted by Gasteiger charge is 2.14. The fourth-order valence-electron chi connectivity index (χ4n) is 2.49. The van der Waals surface area contributed by atoms with Crippen molar-refractivity contribution in [1.82, 2.24) is 15.1 Å². The SMILES string of the molecule is Fc1cccc(-c2cc(F)cc(-c3nc(-c4ccccn4)no3)c2)c1. The van der Waals surface area contributed by atoms with E-state index >= 15 is 0 Å². The molecule has 0 atom stereocenters. The van der Waals surface area contributed by atoms with Gasteiger partial charge in [0.25, 0.3) is 5.89 Å². The molecule has 2 aromatic carbocycles. The minimum absolute atomic E-state index is 0.165. The molecule has 0 radical (unpaired) electrons. The van der Waals surface area contributed by atoms with Gasteiger partial charge in [0.1, 0.15) is 17.3 Å². The monoisotopic (exact) mass is 335 g/mol. The molecule has 4 nitrogen and oxygen atoms in total. The minimum atomic E-state index is -0.477. The maximum Gasteiger partial charge on any atom is 0.258 e. The summed E-state index contributed by atoms with van der Waals surface area (Å²) in [5.41, 5.74) is 2.05. The van der Waals surface area contributed by atoms with Crippen molar-refractivity contribution in [3.05, 3.63) is 78.5 Å². The lowest BCUT2D eigenvalue weighted by Crippen LogP contribution is -1.87. The molecule has 0 spiro atoms. The minimum Gasteiger partial charge on any atom is -0.334 e. The van der Waals surface area contributed by atoms with Gasteiger partial charge in [-0.3, -0.25) is 4.98 Å². The summed E-state index contributed by atoms with van der Waals surface area (Å²) < 4.78 is 32.7. The summed E-state index contributed by atoms with van der Waals surface area (Å²) in [6.07, 6.45) is 1.62. The van der Waals surface area contributed by atoms with Crippen LogP contribution in [0.1, 0.15) is 0 Å². The van der Waals surface area contributed by atoms with Crippen LogP contribution in [0.15, 0.2) is 71.4 Å². The molecule has 0 N–H and O–H groups in total. The second kappa shape index (κ2) is 6.24. The van der Waals surface area contributed by atoms with Crippen molar-refractivity contribution in [2.75, 3.05) is 0 Å². The fourth-order valence-corrected chi connectivity index (χ4v) is 2.49. The average Bonchev–Trinajstić information content (AvgIpc) is 3.12. The Morgan fingerprint density at radius 1 is 0.760 bits per heavy atom. The molecule has 2 heterocycles. The lowest BCUT2D eigenvalue weighted by molar-refractivity contribution is 0.432. The highest BCUT2D eigenvalue weighted by atomic mass is 19.1. The van der Waals surface area contributed by atoms with Crippen LogP contribution in [0.2, 0.25) is 0 Å². The van der Waals surface area contributed by atoms with Crippen molar-refractivity contribution in [3.8, 4) is 34.1 Å². The smallest absolute Gasteiger partial charge is 0.258 e. The van der Waals surface area contributed by atoms with Gasteiger partial charge < -0.3 is 4.52 Å². The number of halogens is 2. The van der Waals surface area contributed by atoms with E-state index in [9.17, 15) is 8.78 Å². The zero-order valence-electron chi connectivity index (χ0n) is 12.9. The van der Waals surface area contributed by atoms with Crippen molar-refractivity contribution in [1.29, 1.82) is 0 Å². The van der Waals surface area contributed by atoms with Gasteiger partial charge in [-0.05, 0) is 53.6 Å². The van der Waals surface area contributed by atoms with Crippen LogP contribution in [0.4, 0.5) is 8.78 Å². The molecule has 0 aliphatic heterocycles. The molecule has 4 rings (SSSR count). The Labute approximate surface area is 141 Å². The van der Waals surface area contributed by atoms with Gasteiger partial charge in [0, 0.05) is 11.8 Å². The van der Waals surface area contributed by atoms with E-state index in [0.29, 0.717) is 28.2 Å². The number of hydrogen-bond donors (Lipinski definition) is 0. The van der Waals surface area contributed by atoms with Crippen LogP contribution in [0.3, 0.4) is 0 Å². The highest BCUT2D eigenvalue weighted by Crippen LogP contribution is 2.28. The Morgan fingerprint density at radius 3 is 2.40 bits per heavy atom. The largest absolute Gasteiger partial charge is 0.334 e. The number of hydrogen-bond acceptors (Lipinski definition) is 4. The fraction of sp³-hybridized carbons (Fsp3) is 0. The molecule has 0 amide bonds. The molecule has 0 bridgehead atoms. The predicted molar refractivity (Wildman–Crippen MR) is 88.3 cm³/mol. The first kappa shape index (κ1) is 15.1. The van der Waals surface area contributed by atoms with Gasteiger partial charge in [-0.2, -0.15) is 4.98 Å². The van der Waals surface area contributed by atoms with Crippen LogP contribution >= 0.6 is 0 Å². The topological polar surface area (TPSA) is 51.8 Å². The second-order valence-electron chi connectivity index (χ2n) is 5.38. The molecule has 2 aromatic heterocycles. The molecule has 0 fully saturated rings. The zero-order chi connectivity index (χ0) is 17.2. The first-order chi connectivity index (χ1) is 12.2. The van der Waals surface area contributed by atoms with E-state index in [1.165, 1.54) is 24.3 Å². The van der Waals surface area contributed by atoms with Crippen molar-refractivity contribution < 1.29 is 13.3 Å². The average molecular weight is 335 g/mol. The molecule has 122 valence electrons. The van der Waals surface area contributed by atoms with Gasteiger partial charge in [0.05, 0.1) is 0 Å². The van der Waals surface area contributed by atoms with Crippen molar-refractivity contribution in [2.45, 2.75) is 0 Å². The third kappa shape index (κ3) is 3.14. The quantitative estimate of drug-likeness (QED) is 0.542. The van der Waals surface area contributed by atoms with Crippen molar-refractivity contribution in [2.24, 2.45) is 0 Å². The third-order valence-electron chi connectivity index (χ3n) is 3.62. The first-order valence-corrected chi connectivity index (χ1v) is 7.51. The van der Waals surface area contributed by atoms with Gasteiger partial charge >= 0.3 is 0 Å². The summed E-state index contributed by atoms with van der Waals surface area (Å²) in [5.74, 6) is -0.391. The highest BCUT2D eigenvalue weighted by molar-refractivity contribution is 5.70. The predicted octanol–water partition coefficient (Wildman–Crippen LogP) is 4.74. The lowest BCUT2D eigenvalue weighted by Gasteiger charge is -2.04. The van der Waals surface area contributed by atoms with Gasteiger partial charge in [0.15, 0.2) is 0 Å². The Kier molecular flexibility index (Phi) is 3.78. The van der Waals surface area contributed by atoms with Crippen LogP contribution in [0, 0.1) is 11.6 Å². The molecule has 0 saturated heterocycles. The van der Waals surface area contributed by atoms with Crippen molar-refractivity contribution >= 4 is 0 Å². The molecule has 0 unspecified atom stereocenters. The first-order valence-electron chi connectivity index (χ1n) is 7.51. The molecule has 4 aromatic rings. The lowest BCUT2D eigenvalue weighted by atomic mass is 10.0. The van der Waals surface area contributed by atoms with Crippen LogP contribution in [-0.4, -0.2) is 15.1 Å². The number of nitrogens with zero attached hydrogens (tertiary/aromatic N) is 3. The van der Waals surface area contributed by atoms with E-state index < -0.39 is 11.6 Å². The third-order valence-corrected chi connectivity index (χ3v) is 3.62. The van der Waals surface area contributed by atoms with Gasteiger partial charge in [-0.15, -0.1) is 0 Å². The van der Waals surface area contributed by atoms with Gasteiger partial charge in [-0.1, -0.05) is 23.4 Å². The number of aromatic nitrogens is 3. The van der Waals surface area contributed by atoms with E-state index in [0.717, 1.165) is 0 Å². The summed E-state index contributed by atoms with van der Waals surface area (Å²) in [4.78, 5) is 8.41. The van der Waals surface area contributed by atoms with Crippen LogP contribution in [-0.2, 0) is 0 Å². The van der Waals surface area contributed by atoms with E-state index in [1.807, 2.05) is 6.07 Å². The maximum absolute atomic E-state index is 14.0. The maximum atomic E-state index is 14.0.